The Balaban J connectivity index is 1.70. The van der Waals surface area contributed by atoms with E-state index in [0.717, 1.165) is 18.2 Å². The molecule has 2 aromatic carbocycles. The number of nitrogens with one attached hydrogen (secondary N) is 1. The molecule has 0 saturated heterocycles. The lowest BCUT2D eigenvalue weighted by Gasteiger charge is -2.11. The molecular weight excluding hydrogens is 483 g/mol. The number of benzene rings is 2. The van der Waals surface area contributed by atoms with Gasteiger partial charge in [-0.2, -0.15) is 28.3 Å². The number of anilines is 2. The van der Waals surface area contributed by atoms with E-state index in [9.17, 15) is 30.7 Å². The third kappa shape index (κ3) is 7.27. The fourth-order valence-electron chi connectivity index (χ4n) is 2.46. The number of hydrogen-bond acceptors (Lipinski definition) is 6. The van der Waals surface area contributed by atoms with Crippen LogP contribution in [0.25, 0.3) is 0 Å². The SMILES string of the molecule is Fc1ccc(Nc2cc(Cl)nc(N=NCc3ccc(OC(F)(F)F)cc3)n2)cc1C(F)(F)F. The van der Waals surface area contributed by atoms with E-state index in [4.69, 9.17) is 11.6 Å². The molecule has 0 saturated carbocycles. The number of aromatic nitrogens is 2. The molecule has 14 heteroatoms. The van der Waals surface area contributed by atoms with Crippen LogP contribution in [0.2, 0.25) is 5.15 Å². The van der Waals surface area contributed by atoms with Crippen LogP contribution in [0.4, 0.5) is 48.2 Å². The minimum atomic E-state index is -4.89. The van der Waals surface area contributed by atoms with Gasteiger partial charge in [-0.05, 0) is 35.9 Å². The zero-order valence-electron chi connectivity index (χ0n) is 16.0. The predicted molar refractivity (Wildman–Crippen MR) is 103 cm³/mol. The maximum absolute atomic E-state index is 13.4. The number of hydrogen-bond donors (Lipinski definition) is 1. The number of nitrogens with zero attached hydrogens (tertiary/aromatic N) is 4. The zero-order valence-corrected chi connectivity index (χ0v) is 16.8. The van der Waals surface area contributed by atoms with E-state index in [1.165, 1.54) is 18.2 Å². The molecule has 174 valence electrons. The molecule has 0 aliphatic heterocycles. The van der Waals surface area contributed by atoms with E-state index >= 15 is 0 Å². The molecule has 3 rings (SSSR count). The van der Waals surface area contributed by atoms with E-state index in [0.29, 0.717) is 17.7 Å². The van der Waals surface area contributed by atoms with E-state index in [2.05, 4.69) is 30.3 Å². The van der Waals surface area contributed by atoms with Gasteiger partial charge in [-0.25, -0.2) is 4.39 Å². The minimum Gasteiger partial charge on any atom is -0.406 e. The quantitative estimate of drug-likeness (QED) is 0.224. The molecule has 0 aliphatic rings. The van der Waals surface area contributed by atoms with E-state index < -0.39 is 29.7 Å². The van der Waals surface area contributed by atoms with Crippen LogP contribution in [0, 0.1) is 5.82 Å². The minimum absolute atomic E-state index is 0.0302. The average molecular weight is 494 g/mol. The molecule has 1 aromatic heterocycles. The van der Waals surface area contributed by atoms with Gasteiger partial charge in [0.25, 0.3) is 5.95 Å². The largest absolute Gasteiger partial charge is 0.573 e. The van der Waals surface area contributed by atoms with E-state index in [-0.39, 0.29) is 29.2 Å². The Labute approximate surface area is 186 Å². The summed E-state index contributed by atoms with van der Waals surface area (Å²) >= 11 is 5.87. The summed E-state index contributed by atoms with van der Waals surface area (Å²) in [7, 11) is 0. The van der Waals surface area contributed by atoms with Gasteiger partial charge >= 0.3 is 12.5 Å². The Morgan fingerprint density at radius 1 is 0.939 bits per heavy atom. The van der Waals surface area contributed by atoms with E-state index in [1.54, 1.807) is 0 Å². The van der Waals surface area contributed by atoms with Crippen LogP contribution < -0.4 is 10.1 Å². The molecule has 0 radical (unpaired) electrons. The first-order valence-corrected chi connectivity index (χ1v) is 9.17. The van der Waals surface area contributed by atoms with Gasteiger partial charge in [-0.3, -0.25) is 0 Å². The third-order valence-corrected chi connectivity index (χ3v) is 3.99. The summed E-state index contributed by atoms with van der Waals surface area (Å²) in [4.78, 5) is 7.74. The highest BCUT2D eigenvalue weighted by atomic mass is 35.5. The Kier molecular flexibility index (Phi) is 7.01. The highest BCUT2D eigenvalue weighted by molar-refractivity contribution is 6.29. The molecule has 1 N–H and O–H groups in total. The van der Waals surface area contributed by atoms with Gasteiger partial charge in [-0.15, -0.1) is 18.3 Å². The van der Waals surface area contributed by atoms with Crippen LogP contribution in [-0.4, -0.2) is 16.3 Å². The second-order valence-corrected chi connectivity index (χ2v) is 6.67. The summed E-state index contributed by atoms with van der Waals surface area (Å²) in [5, 5.41) is 10.0. The third-order valence-electron chi connectivity index (χ3n) is 3.80. The lowest BCUT2D eigenvalue weighted by atomic mass is 10.2. The number of alkyl halides is 6. The molecule has 0 fully saturated rings. The van der Waals surface area contributed by atoms with Crippen molar-refractivity contribution in [2.75, 3.05) is 5.32 Å². The van der Waals surface area contributed by atoms with Crippen molar-refractivity contribution in [2.24, 2.45) is 10.2 Å². The van der Waals surface area contributed by atoms with Crippen LogP contribution in [0.1, 0.15) is 11.1 Å². The first-order chi connectivity index (χ1) is 15.4. The average Bonchev–Trinajstić information content (AvgIpc) is 2.68. The second kappa shape index (κ2) is 9.57. The lowest BCUT2D eigenvalue weighted by molar-refractivity contribution is -0.274. The maximum atomic E-state index is 13.4. The first-order valence-electron chi connectivity index (χ1n) is 8.79. The fraction of sp³-hybridized carbons (Fsp3) is 0.158. The summed E-state index contributed by atoms with van der Waals surface area (Å²) in [6, 6.07) is 8.41. The van der Waals surface area contributed by atoms with Crippen molar-refractivity contribution in [3.63, 3.8) is 0 Å². The summed E-state index contributed by atoms with van der Waals surface area (Å²) in [6.45, 7) is -0.0438. The van der Waals surface area contributed by atoms with Crippen molar-refractivity contribution in [3.8, 4) is 5.75 Å². The van der Waals surface area contributed by atoms with Gasteiger partial charge in [0.15, 0.2) is 0 Å². The van der Waals surface area contributed by atoms with Crippen LogP contribution >= 0.6 is 11.6 Å². The Hall–Kier alpha value is -3.48. The molecule has 0 aliphatic carbocycles. The number of halogens is 8. The standard InChI is InChI=1S/C19H11ClF7N5O/c20-15-8-16(29-11-3-6-14(21)13(7-11)18(22,23)24)31-17(30-15)32-28-9-10-1-4-12(5-2-10)33-19(25,26)27/h1-8H,9H2,(H,29,30,31). The summed E-state index contributed by atoms with van der Waals surface area (Å²) in [6.07, 6.45) is -9.69. The monoisotopic (exact) mass is 493 g/mol. The van der Waals surface area contributed by atoms with Crippen molar-refractivity contribution in [2.45, 2.75) is 19.1 Å². The van der Waals surface area contributed by atoms with Crippen molar-refractivity contribution in [1.29, 1.82) is 0 Å². The first kappa shape index (κ1) is 24.2. The van der Waals surface area contributed by atoms with Crippen LogP contribution in [-0.2, 0) is 12.7 Å². The van der Waals surface area contributed by atoms with Crippen molar-refractivity contribution in [1.82, 2.24) is 9.97 Å². The maximum Gasteiger partial charge on any atom is 0.573 e. The number of azo groups is 1. The molecule has 33 heavy (non-hydrogen) atoms. The van der Waals surface area contributed by atoms with E-state index in [1.807, 2.05) is 0 Å². The number of ether oxygens (including phenoxy) is 1. The molecule has 0 bridgehead atoms. The molecule has 1 heterocycles. The van der Waals surface area contributed by atoms with Crippen LogP contribution in [0.5, 0.6) is 5.75 Å². The molecule has 6 nitrogen and oxygen atoms in total. The van der Waals surface area contributed by atoms with Crippen LogP contribution in [0.15, 0.2) is 58.8 Å². The smallest absolute Gasteiger partial charge is 0.406 e. The Bertz CT molecular complexity index is 1150. The second-order valence-electron chi connectivity index (χ2n) is 6.28. The molecule has 0 amide bonds. The summed E-state index contributed by atoms with van der Waals surface area (Å²) < 4.78 is 92.3. The topological polar surface area (TPSA) is 71.8 Å². The molecular formula is C19H11ClF7N5O. The van der Waals surface area contributed by atoms with Gasteiger partial charge in [-0.1, -0.05) is 23.7 Å². The Morgan fingerprint density at radius 3 is 2.27 bits per heavy atom. The van der Waals surface area contributed by atoms with Gasteiger partial charge in [0.2, 0.25) is 0 Å². The van der Waals surface area contributed by atoms with Crippen molar-refractivity contribution in [3.05, 3.63) is 70.6 Å². The van der Waals surface area contributed by atoms with Gasteiger partial charge in [0, 0.05) is 11.8 Å². The normalized spacial score (nSPS) is 12.2. The summed E-state index contributed by atoms with van der Waals surface area (Å²) in [5.74, 6) is -2.09. The Morgan fingerprint density at radius 2 is 1.64 bits per heavy atom. The lowest BCUT2D eigenvalue weighted by Crippen LogP contribution is -2.16. The van der Waals surface area contributed by atoms with Crippen molar-refractivity contribution < 1.29 is 35.5 Å². The molecule has 0 spiro atoms. The molecule has 0 atom stereocenters. The number of rotatable bonds is 6. The zero-order chi connectivity index (χ0) is 24.2. The molecule has 3 aromatic rings. The van der Waals surface area contributed by atoms with Gasteiger partial charge in [0.1, 0.15) is 22.5 Å². The van der Waals surface area contributed by atoms with Crippen LogP contribution in [0.3, 0.4) is 0 Å². The summed E-state index contributed by atoms with van der Waals surface area (Å²) in [5.41, 5.74) is -1.07. The van der Waals surface area contributed by atoms with Crippen molar-refractivity contribution >= 4 is 29.1 Å². The van der Waals surface area contributed by atoms with Gasteiger partial charge in [0.05, 0.1) is 12.1 Å². The predicted octanol–water partition coefficient (Wildman–Crippen LogP) is 7.21. The highest BCUT2D eigenvalue weighted by Crippen LogP contribution is 2.33. The highest BCUT2D eigenvalue weighted by Gasteiger charge is 2.34. The molecule has 0 unspecified atom stereocenters. The fourth-order valence-corrected chi connectivity index (χ4v) is 2.64. The van der Waals surface area contributed by atoms with Gasteiger partial charge < -0.3 is 10.1 Å².